The van der Waals surface area contributed by atoms with Crippen molar-refractivity contribution in [1.29, 1.82) is 0 Å². The molecule has 1 aliphatic heterocycles. The van der Waals surface area contributed by atoms with Crippen LogP contribution in [0.3, 0.4) is 0 Å². The zero-order chi connectivity index (χ0) is 22.3. The number of benzene rings is 2. The van der Waals surface area contributed by atoms with Crippen molar-refractivity contribution in [3.8, 4) is 0 Å². The van der Waals surface area contributed by atoms with Gasteiger partial charge in [-0.05, 0) is 48.5 Å². The number of rotatable bonds is 8. The predicted molar refractivity (Wildman–Crippen MR) is 125 cm³/mol. The van der Waals surface area contributed by atoms with Crippen molar-refractivity contribution in [1.82, 2.24) is 15.5 Å². The number of nitrogens with zero attached hydrogens (tertiary/aromatic N) is 4. The summed E-state index contributed by atoms with van der Waals surface area (Å²) < 4.78 is 0. The van der Waals surface area contributed by atoms with Gasteiger partial charge < -0.3 is 20.4 Å². The Morgan fingerprint density at radius 2 is 1.78 bits per heavy atom. The largest absolute Gasteiger partial charge is 0.373 e. The van der Waals surface area contributed by atoms with Crippen LogP contribution >= 0.6 is 0 Å². The quantitative estimate of drug-likeness (QED) is 0.570. The van der Waals surface area contributed by atoms with E-state index in [9.17, 15) is 9.59 Å². The number of nitrogens with one attached hydrogen (secondary N) is 2. The second-order valence-electron chi connectivity index (χ2n) is 7.76. The van der Waals surface area contributed by atoms with Crippen LogP contribution in [0.1, 0.15) is 10.4 Å². The molecule has 1 saturated heterocycles. The lowest BCUT2D eigenvalue weighted by atomic mass is 9.99. The predicted octanol–water partition coefficient (Wildman–Crippen LogP) is 2.42. The Kier molecular flexibility index (Phi) is 6.60. The van der Waals surface area contributed by atoms with Crippen molar-refractivity contribution in [3.05, 3.63) is 78.5 Å². The molecule has 0 unspecified atom stereocenters. The normalized spacial score (nSPS) is 13.2. The van der Waals surface area contributed by atoms with E-state index in [0.29, 0.717) is 37.4 Å². The number of likely N-dealkylation sites (N-methyl/N-ethyl adjacent to an activating group) is 1. The topological polar surface area (TPSA) is 90.5 Å². The van der Waals surface area contributed by atoms with Gasteiger partial charge in [-0.15, -0.1) is 5.10 Å². The highest BCUT2D eigenvalue weighted by Crippen LogP contribution is 2.23. The van der Waals surface area contributed by atoms with E-state index in [1.165, 1.54) is 0 Å². The van der Waals surface area contributed by atoms with E-state index in [4.69, 9.17) is 0 Å². The van der Waals surface area contributed by atoms with Gasteiger partial charge in [0, 0.05) is 56.4 Å². The monoisotopic (exact) mass is 430 g/mol. The molecule has 32 heavy (non-hydrogen) atoms. The Morgan fingerprint density at radius 3 is 2.47 bits per heavy atom. The van der Waals surface area contributed by atoms with Crippen LogP contribution < -0.4 is 20.4 Å². The molecule has 2 amide bonds. The molecule has 1 fully saturated rings. The minimum atomic E-state index is -0.136. The number of hydrogen-bond acceptors (Lipinski definition) is 6. The number of para-hydroxylation sites is 1. The van der Waals surface area contributed by atoms with Crippen molar-refractivity contribution in [3.63, 3.8) is 0 Å². The van der Waals surface area contributed by atoms with Crippen LogP contribution in [0.4, 0.5) is 17.2 Å². The van der Waals surface area contributed by atoms with E-state index in [1.54, 1.807) is 30.5 Å². The van der Waals surface area contributed by atoms with Crippen LogP contribution in [-0.2, 0) is 4.79 Å². The molecular formula is C24H26N6O2. The molecule has 4 rings (SSSR count). The summed E-state index contributed by atoms with van der Waals surface area (Å²) in [5.74, 6) is 0.512. The standard InChI is InChI=1S/C24H26N6O2/c1-29(21-6-3-2-4-7-21)15-14-25-23(31)18-9-11-20(12-10-18)27-24(32)19-16-30(17-19)22-8-5-13-26-28-22/h2-13,19H,14-17H2,1H3,(H,25,31)(H,27,32). The molecule has 0 saturated carbocycles. The van der Waals surface area contributed by atoms with Gasteiger partial charge in [0.15, 0.2) is 5.82 Å². The third-order valence-corrected chi connectivity index (χ3v) is 5.48. The van der Waals surface area contributed by atoms with E-state index in [2.05, 4.69) is 25.7 Å². The lowest BCUT2D eigenvalue weighted by molar-refractivity contribution is -0.120. The van der Waals surface area contributed by atoms with Crippen molar-refractivity contribution >= 4 is 29.0 Å². The van der Waals surface area contributed by atoms with E-state index < -0.39 is 0 Å². The third-order valence-electron chi connectivity index (χ3n) is 5.48. The molecule has 164 valence electrons. The van der Waals surface area contributed by atoms with Gasteiger partial charge in [-0.3, -0.25) is 9.59 Å². The van der Waals surface area contributed by atoms with Crippen LogP contribution in [-0.4, -0.2) is 55.2 Å². The Morgan fingerprint density at radius 1 is 1.03 bits per heavy atom. The molecule has 0 aliphatic carbocycles. The van der Waals surface area contributed by atoms with Crippen molar-refractivity contribution in [2.24, 2.45) is 5.92 Å². The molecule has 2 aromatic carbocycles. The summed E-state index contributed by atoms with van der Waals surface area (Å²) in [4.78, 5) is 29.0. The van der Waals surface area contributed by atoms with Gasteiger partial charge in [0.2, 0.25) is 5.91 Å². The Labute approximate surface area is 187 Å². The average molecular weight is 431 g/mol. The Hall–Kier alpha value is -3.94. The molecule has 1 aromatic heterocycles. The highest BCUT2D eigenvalue weighted by Gasteiger charge is 2.33. The first-order chi connectivity index (χ1) is 15.6. The molecule has 2 N–H and O–H groups in total. The maximum Gasteiger partial charge on any atom is 0.251 e. The highest BCUT2D eigenvalue weighted by atomic mass is 16.2. The van der Waals surface area contributed by atoms with E-state index in [1.807, 2.05) is 54.4 Å². The van der Waals surface area contributed by atoms with Crippen molar-refractivity contribution < 1.29 is 9.59 Å². The van der Waals surface area contributed by atoms with Gasteiger partial charge in [-0.25, -0.2) is 0 Å². The summed E-state index contributed by atoms with van der Waals surface area (Å²) in [5, 5.41) is 13.8. The second kappa shape index (κ2) is 9.91. The number of amides is 2. The zero-order valence-electron chi connectivity index (χ0n) is 17.9. The number of carbonyl (C=O) groups is 2. The van der Waals surface area contributed by atoms with Crippen LogP contribution in [0.15, 0.2) is 72.9 Å². The van der Waals surface area contributed by atoms with Gasteiger partial charge in [-0.1, -0.05) is 18.2 Å². The SMILES string of the molecule is CN(CCNC(=O)c1ccc(NC(=O)C2CN(c3cccnn3)C2)cc1)c1ccccc1. The summed E-state index contributed by atoms with van der Waals surface area (Å²) in [6.07, 6.45) is 1.63. The number of anilines is 3. The maximum absolute atomic E-state index is 12.5. The maximum atomic E-state index is 12.5. The van der Waals surface area contributed by atoms with Crippen LogP contribution in [0.25, 0.3) is 0 Å². The van der Waals surface area contributed by atoms with Crippen LogP contribution in [0.5, 0.6) is 0 Å². The lowest BCUT2D eigenvalue weighted by Crippen LogP contribution is -2.52. The summed E-state index contributed by atoms with van der Waals surface area (Å²) in [6.45, 7) is 2.47. The average Bonchev–Trinajstić information content (AvgIpc) is 2.79. The van der Waals surface area contributed by atoms with Gasteiger partial charge >= 0.3 is 0 Å². The summed E-state index contributed by atoms with van der Waals surface area (Å²) in [6, 6.07) is 20.7. The number of aromatic nitrogens is 2. The first kappa shape index (κ1) is 21.3. The molecule has 8 heteroatoms. The minimum absolute atomic E-state index is 0.0358. The molecule has 0 radical (unpaired) electrons. The smallest absolute Gasteiger partial charge is 0.251 e. The van der Waals surface area contributed by atoms with Crippen molar-refractivity contribution in [2.75, 3.05) is 48.3 Å². The third kappa shape index (κ3) is 5.21. The molecule has 8 nitrogen and oxygen atoms in total. The molecule has 1 aliphatic rings. The molecule has 0 atom stereocenters. The molecule has 0 bridgehead atoms. The first-order valence-electron chi connectivity index (χ1n) is 10.6. The zero-order valence-corrected chi connectivity index (χ0v) is 17.9. The Bertz CT molecular complexity index is 1040. The summed E-state index contributed by atoms with van der Waals surface area (Å²) in [5.41, 5.74) is 2.34. The van der Waals surface area contributed by atoms with Gasteiger partial charge in [0.05, 0.1) is 5.92 Å². The fraction of sp³-hybridized carbons (Fsp3) is 0.250. The van der Waals surface area contributed by atoms with Crippen LogP contribution in [0.2, 0.25) is 0 Å². The van der Waals surface area contributed by atoms with Gasteiger partial charge in [-0.2, -0.15) is 5.10 Å². The number of hydrogen-bond donors (Lipinski definition) is 2. The minimum Gasteiger partial charge on any atom is -0.373 e. The molecule has 2 heterocycles. The van der Waals surface area contributed by atoms with Gasteiger partial charge in [0.1, 0.15) is 0 Å². The summed E-state index contributed by atoms with van der Waals surface area (Å²) >= 11 is 0. The Balaban J connectivity index is 1.21. The number of carbonyl (C=O) groups excluding carboxylic acids is 2. The lowest BCUT2D eigenvalue weighted by Gasteiger charge is -2.38. The van der Waals surface area contributed by atoms with Crippen molar-refractivity contribution in [2.45, 2.75) is 0 Å². The summed E-state index contributed by atoms with van der Waals surface area (Å²) in [7, 11) is 1.99. The fourth-order valence-corrected chi connectivity index (χ4v) is 3.49. The van der Waals surface area contributed by atoms with E-state index >= 15 is 0 Å². The van der Waals surface area contributed by atoms with Crippen LogP contribution in [0, 0.1) is 5.92 Å². The fourth-order valence-electron chi connectivity index (χ4n) is 3.49. The molecule has 3 aromatic rings. The molecule has 0 spiro atoms. The highest BCUT2D eigenvalue weighted by molar-refractivity contribution is 5.97. The molecular weight excluding hydrogens is 404 g/mol. The second-order valence-corrected chi connectivity index (χ2v) is 7.76. The first-order valence-corrected chi connectivity index (χ1v) is 10.6. The van der Waals surface area contributed by atoms with Gasteiger partial charge in [0.25, 0.3) is 5.91 Å². The van der Waals surface area contributed by atoms with E-state index in [0.717, 1.165) is 11.5 Å². The van der Waals surface area contributed by atoms with E-state index in [-0.39, 0.29) is 17.7 Å².